The minimum absolute atomic E-state index is 0.239. The van der Waals surface area contributed by atoms with E-state index in [1.165, 1.54) is 31.4 Å². The number of hydrogen-bond donors (Lipinski definition) is 1. The molecule has 1 atom stereocenters. The van der Waals surface area contributed by atoms with Gasteiger partial charge in [-0.3, -0.25) is 4.68 Å². The summed E-state index contributed by atoms with van der Waals surface area (Å²) in [5.41, 5.74) is 1.57. The maximum Gasteiger partial charge on any atom is 0.0678 e. The summed E-state index contributed by atoms with van der Waals surface area (Å²) in [6, 6.07) is 2.55. The van der Waals surface area contributed by atoms with Crippen LogP contribution >= 0.6 is 0 Å². The van der Waals surface area contributed by atoms with Gasteiger partial charge in [-0.2, -0.15) is 5.10 Å². The zero-order chi connectivity index (χ0) is 13.9. The van der Waals surface area contributed by atoms with Gasteiger partial charge in [-0.1, -0.05) is 19.8 Å². The highest BCUT2D eigenvalue weighted by Gasteiger charge is 2.44. The Kier molecular flexibility index (Phi) is 4.63. The van der Waals surface area contributed by atoms with Crippen molar-refractivity contribution in [2.75, 3.05) is 20.6 Å². The van der Waals surface area contributed by atoms with Crippen molar-refractivity contribution in [2.24, 2.45) is 0 Å². The Morgan fingerprint density at radius 3 is 2.58 bits per heavy atom. The van der Waals surface area contributed by atoms with Gasteiger partial charge in [-0.25, -0.2) is 0 Å². The van der Waals surface area contributed by atoms with Gasteiger partial charge in [0.05, 0.1) is 11.7 Å². The molecule has 0 bridgehead atoms. The molecule has 0 aliphatic heterocycles. The van der Waals surface area contributed by atoms with Crippen LogP contribution in [0.3, 0.4) is 0 Å². The van der Waals surface area contributed by atoms with Gasteiger partial charge < -0.3 is 10.2 Å². The average Bonchev–Trinajstić information content (AvgIpc) is 3.05. The molecule has 108 valence electrons. The predicted octanol–water partition coefficient (Wildman–Crippen LogP) is 2.43. The zero-order valence-electron chi connectivity index (χ0n) is 12.8. The lowest BCUT2D eigenvalue weighted by atomic mass is 9.84. The second kappa shape index (κ2) is 6.06. The first-order chi connectivity index (χ1) is 9.15. The summed E-state index contributed by atoms with van der Waals surface area (Å²) in [4.78, 5) is 2.43. The third-order valence-electron chi connectivity index (χ3n) is 4.65. The van der Waals surface area contributed by atoms with Crippen LogP contribution in [-0.4, -0.2) is 40.9 Å². The fraction of sp³-hybridized carbons (Fsp3) is 0.800. The van der Waals surface area contributed by atoms with Crippen molar-refractivity contribution in [3.05, 3.63) is 18.0 Å². The molecule has 1 aliphatic carbocycles. The summed E-state index contributed by atoms with van der Waals surface area (Å²) >= 11 is 0. The number of rotatable bonds is 6. The molecule has 19 heavy (non-hydrogen) atoms. The molecule has 0 aromatic carbocycles. The lowest BCUT2D eigenvalue weighted by molar-refractivity contribution is 0.101. The van der Waals surface area contributed by atoms with Crippen molar-refractivity contribution in [3.8, 4) is 0 Å². The smallest absolute Gasteiger partial charge is 0.0678 e. The zero-order valence-corrected chi connectivity index (χ0v) is 12.8. The Labute approximate surface area is 117 Å². The third-order valence-corrected chi connectivity index (χ3v) is 4.65. The molecule has 0 amide bonds. The van der Waals surface area contributed by atoms with Crippen LogP contribution < -0.4 is 5.32 Å². The number of nitrogens with one attached hydrogen (secondary N) is 1. The van der Waals surface area contributed by atoms with Crippen LogP contribution in [-0.2, 0) is 6.54 Å². The first-order valence-corrected chi connectivity index (χ1v) is 7.58. The van der Waals surface area contributed by atoms with Crippen molar-refractivity contribution >= 4 is 0 Å². The molecule has 0 saturated heterocycles. The quantitative estimate of drug-likeness (QED) is 0.856. The van der Waals surface area contributed by atoms with Crippen molar-refractivity contribution in [1.29, 1.82) is 0 Å². The van der Waals surface area contributed by atoms with E-state index in [0.29, 0.717) is 6.04 Å². The monoisotopic (exact) mass is 264 g/mol. The van der Waals surface area contributed by atoms with E-state index in [9.17, 15) is 0 Å². The van der Waals surface area contributed by atoms with Gasteiger partial charge in [-0.05, 0) is 46.5 Å². The van der Waals surface area contributed by atoms with Gasteiger partial charge >= 0.3 is 0 Å². The highest BCUT2D eigenvalue weighted by Crippen LogP contribution is 2.43. The molecule has 1 aromatic rings. The molecule has 1 aliphatic rings. The lowest BCUT2D eigenvalue weighted by Crippen LogP contribution is -2.52. The van der Waals surface area contributed by atoms with Crippen molar-refractivity contribution in [2.45, 2.75) is 57.7 Å². The van der Waals surface area contributed by atoms with Gasteiger partial charge in [0.1, 0.15) is 0 Å². The molecule has 4 heteroatoms. The number of likely N-dealkylation sites (N-methyl/N-ethyl adjacent to an activating group) is 2. The van der Waals surface area contributed by atoms with E-state index in [4.69, 9.17) is 0 Å². The molecule has 0 radical (unpaired) electrons. The van der Waals surface area contributed by atoms with E-state index in [2.05, 4.69) is 54.0 Å². The fourth-order valence-electron chi connectivity index (χ4n) is 3.61. The van der Waals surface area contributed by atoms with Crippen molar-refractivity contribution in [3.63, 3.8) is 0 Å². The van der Waals surface area contributed by atoms with Crippen LogP contribution in [0.25, 0.3) is 0 Å². The summed E-state index contributed by atoms with van der Waals surface area (Å²) < 4.78 is 2.14. The third kappa shape index (κ3) is 2.56. The number of aromatic nitrogens is 2. The highest BCUT2D eigenvalue weighted by molar-refractivity contribution is 5.17. The van der Waals surface area contributed by atoms with Crippen LogP contribution in [0.2, 0.25) is 0 Å². The van der Waals surface area contributed by atoms with Crippen LogP contribution in [0.5, 0.6) is 0 Å². The highest BCUT2D eigenvalue weighted by atomic mass is 15.3. The Balaban J connectivity index is 2.38. The summed E-state index contributed by atoms with van der Waals surface area (Å²) in [6.07, 6.45) is 7.14. The van der Waals surface area contributed by atoms with Gasteiger partial charge in [0.25, 0.3) is 0 Å². The van der Waals surface area contributed by atoms with E-state index < -0.39 is 0 Å². The van der Waals surface area contributed by atoms with E-state index in [0.717, 1.165) is 13.1 Å². The normalized spacial score (nSPS) is 20.1. The second-order valence-electron chi connectivity index (χ2n) is 5.77. The largest absolute Gasteiger partial charge is 0.307 e. The van der Waals surface area contributed by atoms with Crippen LogP contribution in [0, 0.1) is 0 Å². The molecule has 1 aromatic heterocycles. The lowest BCUT2D eigenvalue weighted by Gasteiger charge is -2.43. The Morgan fingerprint density at radius 2 is 2.05 bits per heavy atom. The maximum absolute atomic E-state index is 4.46. The first kappa shape index (κ1) is 14.5. The van der Waals surface area contributed by atoms with Gasteiger partial charge in [0.2, 0.25) is 0 Å². The van der Waals surface area contributed by atoms with E-state index in [1.807, 2.05) is 6.20 Å². The summed E-state index contributed by atoms with van der Waals surface area (Å²) in [5.74, 6) is 0. The molecule has 1 saturated carbocycles. The number of nitrogens with zero attached hydrogens (tertiary/aromatic N) is 3. The second-order valence-corrected chi connectivity index (χ2v) is 5.77. The topological polar surface area (TPSA) is 33.1 Å². The molecule has 4 nitrogen and oxygen atoms in total. The SMILES string of the molecule is CCNC(c1ccnn1CC)C1(N(C)C)CCCC1. The standard InChI is InChI=1S/C15H28N4/c1-5-16-14(13-9-12-17-19(13)6-2)15(18(3)4)10-7-8-11-15/h9,12,14,16H,5-8,10-11H2,1-4H3. The predicted molar refractivity (Wildman–Crippen MR) is 79.2 cm³/mol. The van der Waals surface area contributed by atoms with E-state index in [-0.39, 0.29) is 5.54 Å². The van der Waals surface area contributed by atoms with Gasteiger partial charge in [0, 0.05) is 18.3 Å². The van der Waals surface area contributed by atoms with Crippen LogP contribution in [0.1, 0.15) is 51.3 Å². The first-order valence-electron chi connectivity index (χ1n) is 7.58. The van der Waals surface area contributed by atoms with Crippen LogP contribution in [0.4, 0.5) is 0 Å². The van der Waals surface area contributed by atoms with Crippen LogP contribution in [0.15, 0.2) is 12.3 Å². The molecule has 1 heterocycles. The minimum atomic E-state index is 0.239. The van der Waals surface area contributed by atoms with Gasteiger partial charge in [-0.15, -0.1) is 0 Å². The van der Waals surface area contributed by atoms with Crippen molar-refractivity contribution < 1.29 is 0 Å². The summed E-state index contributed by atoms with van der Waals surface area (Å²) in [6.45, 7) is 6.29. The van der Waals surface area contributed by atoms with E-state index >= 15 is 0 Å². The molecular weight excluding hydrogens is 236 g/mol. The Hall–Kier alpha value is -0.870. The molecule has 2 rings (SSSR count). The number of hydrogen-bond acceptors (Lipinski definition) is 3. The average molecular weight is 264 g/mol. The summed E-state index contributed by atoms with van der Waals surface area (Å²) in [7, 11) is 4.45. The molecule has 0 spiro atoms. The minimum Gasteiger partial charge on any atom is -0.307 e. The van der Waals surface area contributed by atoms with Gasteiger partial charge in [0.15, 0.2) is 0 Å². The van der Waals surface area contributed by atoms with Crippen molar-refractivity contribution in [1.82, 2.24) is 20.0 Å². The Bertz CT molecular complexity index is 391. The Morgan fingerprint density at radius 1 is 1.37 bits per heavy atom. The summed E-state index contributed by atoms with van der Waals surface area (Å²) in [5, 5.41) is 8.18. The molecular formula is C15H28N4. The molecule has 1 fully saturated rings. The number of aryl methyl sites for hydroxylation is 1. The molecule has 1 unspecified atom stereocenters. The van der Waals surface area contributed by atoms with E-state index in [1.54, 1.807) is 0 Å². The maximum atomic E-state index is 4.46. The fourth-order valence-corrected chi connectivity index (χ4v) is 3.61. The molecule has 1 N–H and O–H groups in total.